The van der Waals surface area contributed by atoms with E-state index in [0.717, 1.165) is 60.1 Å². The quantitative estimate of drug-likeness (QED) is 0.282. The second-order valence-corrected chi connectivity index (χ2v) is 16.0. The van der Waals surface area contributed by atoms with Crippen LogP contribution in [0.3, 0.4) is 0 Å². The van der Waals surface area contributed by atoms with E-state index in [0.29, 0.717) is 24.6 Å². The van der Waals surface area contributed by atoms with Crippen molar-refractivity contribution < 1.29 is 28.7 Å². The van der Waals surface area contributed by atoms with Crippen molar-refractivity contribution in [3.63, 3.8) is 0 Å². The van der Waals surface area contributed by atoms with Crippen molar-refractivity contribution in [2.24, 2.45) is 5.92 Å². The molecule has 0 unspecified atom stereocenters. The highest BCUT2D eigenvalue weighted by molar-refractivity contribution is 6.39. The number of likely N-dealkylation sites (tertiary alicyclic amines) is 2. The first-order valence-corrected chi connectivity index (χ1v) is 18.0. The Bertz CT molecular complexity index is 1750. The van der Waals surface area contributed by atoms with Gasteiger partial charge in [0.2, 0.25) is 0 Å². The molecular formula is C38H53N7O6. The molecular weight excluding hydrogens is 650 g/mol. The van der Waals surface area contributed by atoms with E-state index in [1.807, 2.05) is 13.0 Å². The Balaban J connectivity index is 1.36. The molecule has 2 aromatic heterocycles. The molecule has 3 atom stereocenters. The minimum absolute atomic E-state index is 0.0172. The van der Waals surface area contributed by atoms with Gasteiger partial charge in [-0.05, 0) is 116 Å². The molecule has 276 valence electrons. The number of benzene rings is 1. The summed E-state index contributed by atoms with van der Waals surface area (Å²) in [5.41, 5.74) is 0.771. The fourth-order valence-electron chi connectivity index (χ4n) is 6.74. The summed E-state index contributed by atoms with van der Waals surface area (Å²) in [6.45, 7) is 16.6. The van der Waals surface area contributed by atoms with Gasteiger partial charge in [-0.25, -0.2) is 14.6 Å². The van der Waals surface area contributed by atoms with Gasteiger partial charge < -0.3 is 24.6 Å². The van der Waals surface area contributed by atoms with E-state index in [4.69, 9.17) is 14.6 Å². The molecule has 4 heterocycles. The molecule has 3 aromatic rings. The number of rotatable bonds is 5. The fraction of sp³-hybridized carbons (Fsp3) is 0.579. The van der Waals surface area contributed by atoms with Crippen LogP contribution < -0.4 is 10.2 Å². The predicted molar refractivity (Wildman–Crippen MR) is 196 cm³/mol. The Morgan fingerprint density at radius 1 is 0.961 bits per heavy atom. The van der Waals surface area contributed by atoms with Crippen molar-refractivity contribution in [1.29, 1.82) is 0 Å². The molecule has 1 N–H and O–H groups in total. The maximum atomic E-state index is 13.8. The van der Waals surface area contributed by atoms with E-state index in [-0.39, 0.29) is 23.5 Å². The van der Waals surface area contributed by atoms with E-state index < -0.39 is 35.2 Å². The van der Waals surface area contributed by atoms with Crippen molar-refractivity contribution in [1.82, 2.24) is 24.6 Å². The third-order valence-electron chi connectivity index (χ3n) is 9.13. The number of pyridine rings is 1. The van der Waals surface area contributed by atoms with E-state index in [9.17, 15) is 19.2 Å². The Morgan fingerprint density at radius 3 is 2.27 bits per heavy atom. The normalized spacial score (nSPS) is 20.2. The van der Waals surface area contributed by atoms with Gasteiger partial charge in [-0.1, -0.05) is 26.0 Å². The summed E-state index contributed by atoms with van der Waals surface area (Å²) in [6.07, 6.45) is 5.76. The number of aryl methyl sites for hydroxylation is 1. The lowest BCUT2D eigenvalue weighted by Gasteiger charge is -2.38. The van der Waals surface area contributed by atoms with Gasteiger partial charge >= 0.3 is 24.0 Å². The van der Waals surface area contributed by atoms with Crippen molar-refractivity contribution in [2.45, 2.75) is 111 Å². The molecule has 0 saturated carbocycles. The van der Waals surface area contributed by atoms with Crippen LogP contribution in [0.1, 0.15) is 104 Å². The number of piperidine rings is 2. The van der Waals surface area contributed by atoms with E-state index >= 15 is 0 Å². The first kappa shape index (κ1) is 37.7. The Labute approximate surface area is 300 Å². The molecule has 0 aliphatic carbocycles. The third kappa shape index (κ3) is 9.24. The smallest absolute Gasteiger partial charge is 0.425 e. The summed E-state index contributed by atoms with van der Waals surface area (Å²) < 4.78 is 13.1. The zero-order valence-corrected chi connectivity index (χ0v) is 31.5. The molecule has 1 aromatic carbocycles. The minimum atomic E-state index is -0.942. The molecule has 2 aliphatic rings. The first-order chi connectivity index (χ1) is 23.9. The number of anilines is 2. The largest absolute Gasteiger partial charge is 0.443 e. The summed E-state index contributed by atoms with van der Waals surface area (Å²) in [7, 11) is 2.14. The SMILES string of the molecule is CCc1cc(NC(=O)C(=O)N2C[C@@H](C)CC[C@@H]2c2ccc3cn([C@@H]4CCCN(C)C4)nc3c2)cnc1N(C(=O)OC(C)(C)C)C(=O)OC(C)(C)C. The number of hydrogen-bond donors (Lipinski definition) is 1. The van der Waals surface area contributed by atoms with Gasteiger partial charge in [0.1, 0.15) is 11.2 Å². The molecule has 13 nitrogen and oxygen atoms in total. The van der Waals surface area contributed by atoms with Gasteiger partial charge in [0.15, 0.2) is 5.82 Å². The zero-order chi connectivity index (χ0) is 37.2. The van der Waals surface area contributed by atoms with Gasteiger partial charge in [0.05, 0.1) is 29.5 Å². The molecule has 0 spiro atoms. The van der Waals surface area contributed by atoms with Crippen LogP contribution in [0.25, 0.3) is 10.9 Å². The number of ether oxygens (including phenoxy) is 2. The standard InChI is InChI=1S/C38H53N7O6/c1-10-25-18-28(20-39-32(25)45(35(48)50-37(3,4)5)36(49)51-38(6,7)8)40-33(46)34(47)43-21-24(2)13-16-31(43)26-14-15-27-22-44(41-30(27)19-26)29-12-11-17-42(9)23-29/h14-15,18-20,22,24,29,31H,10-13,16-17,21,23H2,1-9H3,(H,40,46)/t24-,29+,31+/m0/s1. The van der Waals surface area contributed by atoms with Crippen LogP contribution in [0.5, 0.6) is 0 Å². The fourth-order valence-corrected chi connectivity index (χ4v) is 6.74. The van der Waals surface area contributed by atoms with E-state index in [1.54, 1.807) is 52.5 Å². The van der Waals surface area contributed by atoms with Gasteiger partial charge in [0.25, 0.3) is 0 Å². The highest BCUT2D eigenvalue weighted by Gasteiger charge is 2.37. The first-order valence-electron chi connectivity index (χ1n) is 18.0. The molecule has 2 fully saturated rings. The summed E-state index contributed by atoms with van der Waals surface area (Å²) in [5, 5.41) is 8.69. The second kappa shape index (κ2) is 15.0. The number of carbonyl (C=O) groups is 4. The van der Waals surface area contributed by atoms with Gasteiger partial charge in [-0.3, -0.25) is 14.3 Å². The number of nitrogens with one attached hydrogen (secondary N) is 1. The zero-order valence-electron chi connectivity index (χ0n) is 31.5. The van der Waals surface area contributed by atoms with Crippen molar-refractivity contribution in [2.75, 3.05) is 36.9 Å². The number of nitrogens with zero attached hydrogens (tertiary/aromatic N) is 6. The molecule has 0 bridgehead atoms. The summed E-state index contributed by atoms with van der Waals surface area (Å²) in [6, 6.07) is 7.79. The molecule has 2 saturated heterocycles. The van der Waals surface area contributed by atoms with Gasteiger partial charge in [-0.15, -0.1) is 0 Å². The number of amides is 4. The van der Waals surface area contributed by atoms with Crippen LogP contribution in [-0.2, 0) is 25.5 Å². The van der Waals surface area contributed by atoms with Gasteiger partial charge in [-0.2, -0.15) is 10.00 Å². The Morgan fingerprint density at radius 2 is 1.65 bits per heavy atom. The van der Waals surface area contributed by atoms with Crippen LogP contribution in [-0.4, -0.2) is 86.4 Å². The number of aromatic nitrogens is 3. The summed E-state index contributed by atoms with van der Waals surface area (Å²) >= 11 is 0. The summed E-state index contributed by atoms with van der Waals surface area (Å²) in [5.74, 6) is -1.20. The summed E-state index contributed by atoms with van der Waals surface area (Å²) in [4.78, 5) is 63.1. The van der Waals surface area contributed by atoms with E-state index in [2.05, 4.69) is 52.2 Å². The second-order valence-electron chi connectivity index (χ2n) is 16.0. The molecule has 0 radical (unpaired) electrons. The van der Waals surface area contributed by atoms with E-state index in [1.165, 1.54) is 6.20 Å². The molecule has 4 amide bonds. The lowest BCUT2D eigenvalue weighted by molar-refractivity contribution is -0.146. The van der Waals surface area contributed by atoms with Crippen LogP contribution in [0.2, 0.25) is 0 Å². The maximum Gasteiger partial charge on any atom is 0.425 e. The van der Waals surface area contributed by atoms with Crippen LogP contribution in [0, 0.1) is 5.92 Å². The van der Waals surface area contributed by atoms with Crippen LogP contribution in [0.15, 0.2) is 36.7 Å². The van der Waals surface area contributed by atoms with Crippen molar-refractivity contribution >= 4 is 46.4 Å². The number of fused-ring (bicyclic) bond motifs is 1. The van der Waals surface area contributed by atoms with Gasteiger partial charge in [0, 0.05) is 24.7 Å². The van der Waals surface area contributed by atoms with Crippen molar-refractivity contribution in [3.05, 3.63) is 47.8 Å². The monoisotopic (exact) mass is 703 g/mol. The van der Waals surface area contributed by atoms with Crippen LogP contribution >= 0.6 is 0 Å². The van der Waals surface area contributed by atoms with Crippen molar-refractivity contribution in [3.8, 4) is 0 Å². The highest BCUT2D eigenvalue weighted by atomic mass is 16.6. The Kier molecular flexibility index (Phi) is 11.1. The maximum absolute atomic E-state index is 13.8. The average molecular weight is 704 g/mol. The lowest BCUT2D eigenvalue weighted by atomic mass is 9.89. The third-order valence-corrected chi connectivity index (χ3v) is 9.13. The number of likely N-dealkylation sites (N-methyl/N-ethyl adjacent to an activating group) is 1. The van der Waals surface area contributed by atoms with Crippen LogP contribution in [0.4, 0.5) is 21.1 Å². The highest BCUT2D eigenvalue weighted by Crippen LogP contribution is 2.35. The average Bonchev–Trinajstić information content (AvgIpc) is 3.47. The predicted octanol–water partition coefficient (Wildman–Crippen LogP) is 6.88. The topological polar surface area (TPSA) is 139 Å². The number of hydrogen-bond acceptors (Lipinski definition) is 9. The number of imide groups is 1. The minimum Gasteiger partial charge on any atom is -0.443 e. The molecule has 51 heavy (non-hydrogen) atoms. The lowest BCUT2D eigenvalue weighted by Crippen LogP contribution is -2.46. The number of carbonyl (C=O) groups excluding carboxylic acids is 4. The molecule has 13 heteroatoms. The molecule has 5 rings (SSSR count). The molecule has 2 aliphatic heterocycles. The Hall–Kier alpha value is -4.52.